The van der Waals surface area contributed by atoms with Gasteiger partial charge in [0, 0.05) is 13.6 Å². The van der Waals surface area contributed by atoms with E-state index in [4.69, 9.17) is 4.42 Å². The number of amides is 2. The van der Waals surface area contributed by atoms with Crippen LogP contribution in [-0.4, -0.2) is 30.3 Å². The minimum Gasteiger partial charge on any atom is -0.459 e. The molecule has 112 valence electrons. The number of hydrogen-bond donors (Lipinski definition) is 1. The Kier molecular flexibility index (Phi) is 5.16. The highest BCUT2D eigenvalue weighted by molar-refractivity contribution is 7.18. The van der Waals surface area contributed by atoms with Gasteiger partial charge in [-0.3, -0.25) is 9.59 Å². The summed E-state index contributed by atoms with van der Waals surface area (Å²) in [6, 6.07) is 6.70. The van der Waals surface area contributed by atoms with Crippen LogP contribution in [0.4, 0.5) is 5.00 Å². The fraction of sp³-hybridized carbons (Fsp3) is 0.333. The first-order valence-corrected chi connectivity index (χ1v) is 7.63. The molecule has 0 aliphatic carbocycles. The average molecular weight is 306 g/mol. The van der Waals surface area contributed by atoms with Gasteiger partial charge >= 0.3 is 0 Å². The molecule has 0 aliphatic heterocycles. The van der Waals surface area contributed by atoms with Crippen LogP contribution in [-0.2, 0) is 0 Å². The van der Waals surface area contributed by atoms with Gasteiger partial charge in [-0.15, -0.1) is 11.3 Å². The number of furan rings is 1. The highest BCUT2D eigenvalue weighted by Crippen LogP contribution is 2.23. The molecule has 0 unspecified atom stereocenters. The number of unbranched alkanes of at least 4 members (excludes halogenated alkanes) is 1. The summed E-state index contributed by atoms with van der Waals surface area (Å²) in [6.07, 6.45) is 3.48. The summed E-state index contributed by atoms with van der Waals surface area (Å²) < 4.78 is 5.02. The highest BCUT2D eigenvalue weighted by Gasteiger charge is 2.15. The van der Waals surface area contributed by atoms with Gasteiger partial charge in [-0.25, -0.2) is 0 Å². The van der Waals surface area contributed by atoms with E-state index in [0.717, 1.165) is 19.4 Å². The third-order valence-corrected chi connectivity index (χ3v) is 3.98. The van der Waals surface area contributed by atoms with Crippen LogP contribution in [0.5, 0.6) is 0 Å². The summed E-state index contributed by atoms with van der Waals surface area (Å²) in [5.41, 5.74) is 0. The van der Waals surface area contributed by atoms with Crippen LogP contribution in [0.1, 0.15) is 40.0 Å². The minimum atomic E-state index is -0.319. The second kappa shape index (κ2) is 7.08. The van der Waals surface area contributed by atoms with Crippen molar-refractivity contribution >= 4 is 28.2 Å². The molecule has 0 aromatic carbocycles. The van der Waals surface area contributed by atoms with Crippen molar-refractivity contribution in [2.24, 2.45) is 0 Å². The Morgan fingerprint density at radius 2 is 2.14 bits per heavy atom. The molecule has 1 N–H and O–H groups in total. The molecule has 0 saturated heterocycles. The molecular formula is C15H18N2O3S. The van der Waals surface area contributed by atoms with Crippen molar-refractivity contribution in [2.75, 3.05) is 18.9 Å². The number of carbonyl (C=O) groups is 2. The van der Waals surface area contributed by atoms with E-state index in [2.05, 4.69) is 12.2 Å². The highest BCUT2D eigenvalue weighted by atomic mass is 32.1. The minimum absolute atomic E-state index is 0.0213. The van der Waals surface area contributed by atoms with Gasteiger partial charge in [0.1, 0.15) is 0 Å². The van der Waals surface area contributed by atoms with Crippen LogP contribution >= 0.6 is 11.3 Å². The number of carbonyl (C=O) groups excluding carboxylic acids is 2. The van der Waals surface area contributed by atoms with E-state index in [-0.39, 0.29) is 17.6 Å². The molecular weight excluding hydrogens is 288 g/mol. The molecule has 0 atom stereocenters. The Bertz CT molecular complexity index is 604. The summed E-state index contributed by atoms with van der Waals surface area (Å²) in [4.78, 5) is 26.3. The average Bonchev–Trinajstić information content (AvgIpc) is 3.14. The largest absolute Gasteiger partial charge is 0.459 e. The molecule has 21 heavy (non-hydrogen) atoms. The van der Waals surface area contributed by atoms with Crippen LogP contribution in [0.15, 0.2) is 34.9 Å². The molecule has 0 radical (unpaired) electrons. The predicted octanol–water partition coefficient (Wildman–Crippen LogP) is 3.47. The van der Waals surface area contributed by atoms with Gasteiger partial charge in [0.05, 0.1) is 16.1 Å². The van der Waals surface area contributed by atoms with Crippen LogP contribution in [0.3, 0.4) is 0 Å². The summed E-state index contributed by atoms with van der Waals surface area (Å²) in [5, 5.41) is 3.35. The molecule has 0 saturated carbocycles. The van der Waals surface area contributed by atoms with Crippen LogP contribution in [0.25, 0.3) is 0 Å². The molecule has 2 amide bonds. The Balaban J connectivity index is 1.98. The lowest BCUT2D eigenvalue weighted by Gasteiger charge is -2.15. The number of nitrogens with one attached hydrogen (secondary N) is 1. The molecule has 2 rings (SSSR count). The first-order chi connectivity index (χ1) is 10.1. The predicted molar refractivity (Wildman–Crippen MR) is 82.8 cm³/mol. The van der Waals surface area contributed by atoms with Crippen molar-refractivity contribution in [2.45, 2.75) is 19.8 Å². The van der Waals surface area contributed by atoms with E-state index in [1.54, 1.807) is 36.2 Å². The van der Waals surface area contributed by atoms with E-state index in [0.29, 0.717) is 9.88 Å². The smallest absolute Gasteiger partial charge is 0.291 e. The molecule has 2 aromatic heterocycles. The number of rotatable bonds is 6. The number of nitrogens with zero attached hydrogens (tertiary/aromatic N) is 1. The Hall–Kier alpha value is -2.08. The van der Waals surface area contributed by atoms with Crippen molar-refractivity contribution in [3.8, 4) is 0 Å². The lowest BCUT2D eigenvalue weighted by atomic mass is 10.3. The Labute approximate surface area is 127 Å². The van der Waals surface area contributed by atoms with Crippen LogP contribution in [0.2, 0.25) is 0 Å². The molecule has 0 bridgehead atoms. The number of thiophene rings is 1. The Morgan fingerprint density at radius 3 is 2.81 bits per heavy atom. The van der Waals surface area contributed by atoms with Crippen molar-refractivity contribution in [1.82, 2.24) is 4.90 Å². The van der Waals surface area contributed by atoms with Gasteiger partial charge in [0.25, 0.3) is 11.8 Å². The van der Waals surface area contributed by atoms with Crippen LogP contribution in [0, 0.1) is 0 Å². The summed E-state index contributed by atoms with van der Waals surface area (Å²) in [6.45, 7) is 2.83. The lowest BCUT2D eigenvalue weighted by Crippen LogP contribution is -2.26. The Morgan fingerprint density at radius 1 is 1.33 bits per heavy atom. The monoisotopic (exact) mass is 306 g/mol. The fourth-order valence-corrected chi connectivity index (χ4v) is 2.68. The lowest BCUT2D eigenvalue weighted by molar-refractivity contribution is 0.0797. The topological polar surface area (TPSA) is 62.6 Å². The number of anilines is 1. The first-order valence-electron chi connectivity index (χ1n) is 6.82. The quantitative estimate of drug-likeness (QED) is 0.889. The van der Waals surface area contributed by atoms with Gasteiger partial charge in [-0.1, -0.05) is 13.3 Å². The zero-order valence-electron chi connectivity index (χ0n) is 12.1. The zero-order chi connectivity index (χ0) is 15.2. The third kappa shape index (κ3) is 3.95. The van der Waals surface area contributed by atoms with Crippen molar-refractivity contribution in [3.63, 3.8) is 0 Å². The maximum absolute atomic E-state index is 12.2. The summed E-state index contributed by atoms with van der Waals surface area (Å²) in [7, 11) is 1.79. The maximum Gasteiger partial charge on any atom is 0.291 e. The molecule has 2 aromatic rings. The second-order valence-corrected chi connectivity index (χ2v) is 5.76. The normalized spacial score (nSPS) is 10.4. The van der Waals surface area contributed by atoms with Gasteiger partial charge in [0.15, 0.2) is 5.76 Å². The first kappa shape index (κ1) is 15.3. The SMILES string of the molecule is CCCCN(C)C(=O)c1ccc(NC(=O)c2ccco2)s1. The standard InChI is InChI=1S/C15H18N2O3S/c1-3-4-9-17(2)15(19)12-7-8-13(21-12)16-14(18)11-6-5-10-20-11/h5-8,10H,3-4,9H2,1-2H3,(H,16,18). The second-order valence-electron chi connectivity index (χ2n) is 4.68. The van der Waals surface area contributed by atoms with Gasteiger partial charge in [-0.05, 0) is 30.7 Å². The van der Waals surface area contributed by atoms with Crippen molar-refractivity contribution < 1.29 is 14.0 Å². The van der Waals surface area contributed by atoms with E-state index in [1.807, 2.05) is 0 Å². The summed E-state index contributed by atoms with van der Waals surface area (Å²) >= 11 is 1.26. The molecule has 5 nitrogen and oxygen atoms in total. The number of hydrogen-bond acceptors (Lipinski definition) is 4. The molecule has 0 fully saturated rings. The zero-order valence-corrected chi connectivity index (χ0v) is 12.9. The fourth-order valence-electron chi connectivity index (χ4n) is 1.79. The van der Waals surface area contributed by atoms with E-state index in [1.165, 1.54) is 17.6 Å². The maximum atomic E-state index is 12.2. The van der Waals surface area contributed by atoms with E-state index >= 15 is 0 Å². The van der Waals surface area contributed by atoms with E-state index < -0.39 is 0 Å². The van der Waals surface area contributed by atoms with Gasteiger partial charge < -0.3 is 14.6 Å². The molecule has 0 aliphatic rings. The van der Waals surface area contributed by atoms with Crippen molar-refractivity contribution in [1.29, 1.82) is 0 Å². The van der Waals surface area contributed by atoms with Crippen molar-refractivity contribution in [3.05, 3.63) is 41.2 Å². The van der Waals surface area contributed by atoms with E-state index in [9.17, 15) is 9.59 Å². The molecule has 2 heterocycles. The third-order valence-electron chi connectivity index (χ3n) is 2.99. The molecule has 6 heteroatoms. The molecule has 0 spiro atoms. The summed E-state index contributed by atoms with van der Waals surface area (Å²) in [5.74, 6) is -0.0940. The van der Waals surface area contributed by atoms with Crippen LogP contribution < -0.4 is 5.32 Å². The van der Waals surface area contributed by atoms with Gasteiger partial charge in [0.2, 0.25) is 0 Å². The van der Waals surface area contributed by atoms with Gasteiger partial charge in [-0.2, -0.15) is 0 Å².